The summed E-state index contributed by atoms with van der Waals surface area (Å²) in [6.45, 7) is 0.00410. The molecule has 0 aromatic carbocycles. The molecule has 1 rings (SSSR count). The third-order valence-electron chi connectivity index (χ3n) is 2.01. The Bertz CT molecular complexity index is 459. The van der Waals surface area contributed by atoms with Gasteiger partial charge in [0.15, 0.2) is 6.29 Å². The van der Waals surface area contributed by atoms with Gasteiger partial charge in [-0.15, -0.1) is 0 Å². The van der Waals surface area contributed by atoms with Crippen molar-refractivity contribution in [2.24, 2.45) is 0 Å². The zero-order chi connectivity index (χ0) is 12.9. The molecule has 1 aromatic rings. The normalized spacial score (nSPS) is 11.9. The highest BCUT2D eigenvalue weighted by Gasteiger charge is 2.16. The van der Waals surface area contributed by atoms with Gasteiger partial charge in [-0.25, -0.2) is 13.1 Å². The lowest BCUT2D eigenvalue weighted by atomic mass is 10.4. The Balaban J connectivity index is 2.76. The van der Waals surface area contributed by atoms with Crippen LogP contribution in [0.3, 0.4) is 0 Å². The molecule has 0 spiro atoms. The molecule has 1 aromatic heterocycles. The lowest BCUT2D eigenvalue weighted by Crippen LogP contribution is -2.34. The van der Waals surface area contributed by atoms with Crippen LogP contribution in [0.2, 0.25) is 0 Å². The molecule has 0 aliphatic rings. The first-order chi connectivity index (χ1) is 7.99. The summed E-state index contributed by atoms with van der Waals surface area (Å²) in [5.41, 5.74) is 5.74. The van der Waals surface area contributed by atoms with Gasteiger partial charge < -0.3 is 15.2 Å². The van der Waals surface area contributed by atoms with Crippen molar-refractivity contribution in [2.75, 3.05) is 26.5 Å². The smallest absolute Gasteiger partial charge is 0.242 e. The molecule has 0 saturated carbocycles. The van der Waals surface area contributed by atoms with E-state index in [2.05, 4.69) is 9.71 Å². The van der Waals surface area contributed by atoms with Gasteiger partial charge in [-0.3, -0.25) is 4.98 Å². The van der Waals surface area contributed by atoms with Crippen molar-refractivity contribution in [2.45, 2.75) is 11.2 Å². The van der Waals surface area contributed by atoms with E-state index in [4.69, 9.17) is 15.2 Å². The number of nitrogen functional groups attached to an aromatic ring is 1. The highest BCUT2D eigenvalue weighted by Crippen LogP contribution is 2.10. The highest BCUT2D eigenvalue weighted by molar-refractivity contribution is 7.89. The molecule has 96 valence electrons. The summed E-state index contributed by atoms with van der Waals surface area (Å²) in [6, 6.07) is 1.32. The minimum atomic E-state index is -3.65. The van der Waals surface area contributed by atoms with Gasteiger partial charge in [-0.05, 0) is 6.07 Å². The summed E-state index contributed by atoms with van der Waals surface area (Å²) in [4.78, 5) is 3.71. The van der Waals surface area contributed by atoms with Crippen LogP contribution in [-0.4, -0.2) is 40.5 Å². The summed E-state index contributed by atoms with van der Waals surface area (Å²) in [5.74, 6) is 0. The van der Waals surface area contributed by atoms with E-state index < -0.39 is 16.3 Å². The molecule has 0 fully saturated rings. The summed E-state index contributed by atoms with van der Waals surface area (Å²) >= 11 is 0. The van der Waals surface area contributed by atoms with Crippen molar-refractivity contribution in [3.8, 4) is 0 Å². The molecule has 0 atom stereocenters. The number of aromatic nitrogens is 1. The van der Waals surface area contributed by atoms with Crippen molar-refractivity contribution in [1.82, 2.24) is 9.71 Å². The third-order valence-corrected chi connectivity index (χ3v) is 3.40. The van der Waals surface area contributed by atoms with Crippen molar-refractivity contribution in [3.63, 3.8) is 0 Å². The van der Waals surface area contributed by atoms with Crippen LogP contribution in [-0.2, 0) is 19.5 Å². The van der Waals surface area contributed by atoms with Gasteiger partial charge in [-0.1, -0.05) is 0 Å². The maximum Gasteiger partial charge on any atom is 0.242 e. The second-order valence-electron chi connectivity index (χ2n) is 3.21. The first kappa shape index (κ1) is 13.8. The number of nitrogens with one attached hydrogen (secondary N) is 1. The maximum absolute atomic E-state index is 11.8. The average Bonchev–Trinajstić information content (AvgIpc) is 2.30. The number of ether oxygens (including phenoxy) is 2. The van der Waals surface area contributed by atoms with Crippen molar-refractivity contribution < 1.29 is 17.9 Å². The lowest BCUT2D eigenvalue weighted by molar-refractivity contribution is -0.0960. The molecule has 17 heavy (non-hydrogen) atoms. The monoisotopic (exact) mass is 261 g/mol. The summed E-state index contributed by atoms with van der Waals surface area (Å²) in [6.07, 6.45) is 1.94. The van der Waals surface area contributed by atoms with Crippen molar-refractivity contribution in [3.05, 3.63) is 18.5 Å². The molecule has 0 aliphatic heterocycles. The molecule has 3 N–H and O–H groups in total. The minimum Gasteiger partial charge on any atom is -0.397 e. The molecule has 8 heteroatoms. The maximum atomic E-state index is 11.8. The molecule has 0 aliphatic carbocycles. The molecule has 1 heterocycles. The molecule has 0 saturated heterocycles. The van der Waals surface area contributed by atoms with E-state index in [-0.39, 0.29) is 17.1 Å². The predicted molar refractivity (Wildman–Crippen MR) is 61.6 cm³/mol. The predicted octanol–water partition coefficient (Wildman–Crippen LogP) is -0.439. The standard InChI is InChI=1S/C9H15N3O4S/c1-15-9(16-2)6-12-17(13,14)8-3-7(10)4-11-5-8/h3-5,9,12H,6,10H2,1-2H3. The first-order valence-corrected chi connectivity index (χ1v) is 6.23. The number of sulfonamides is 1. The molecule has 0 amide bonds. The van der Waals surface area contributed by atoms with E-state index in [1.807, 2.05) is 0 Å². The van der Waals surface area contributed by atoms with Gasteiger partial charge >= 0.3 is 0 Å². The van der Waals surface area contributed by atoms with Crippen LogP contribution in [0.4, 0.5) is 5.69 Å². The van der Waals surface area contributed by atoms with E-state index in [9.17, 15) is 8.42 Å². The van der Waals surface area contributed by atoms with Crippen LogP contribution in [0, 0.1) is 0 Å². The van der Waals surface area contributed by atoms with Crippen LogP contribution >= 0.6 is 0 Å². The van der Waals surface area contributed by atoms with Gasteiger partial charge in [-0.2, -0.15) is 0 Å². The number of hydrogen-bond donors (Lipinski definition) is 2. The number of hydrogen-bond acceptors (Lipinski definition) is 6. The van der Waals surface area contributed by atoms with Crippen LogP contribution in [0.1, 0.15) is 0 Å². The first-order valence-electron chi connectivity index (χ1n) is 4.75. The van der Waals surface area contributed by atoms with Crippen LogP contribution in [0.15, 0.2) is 23.4 Å². The average molecular weight is 261 g/mol. The summed E-state index contributed by atoms with van der Waals surface area (Å²) < 4.78 is 35.7. The van der Waals surface area contributed by atoms with E-state index in [1.54, 1.807) is 0 Å². The Kier molecular flexibility index (Phi) is 4.82. The molecule has 0 bridgehead atoms. The Labute approximate surface area is 100.0 Å². The number of anilines is 1. The highest BCUT2D eigenvalue weighted by atomic mass is 32.2. The van der Waals surface area contributed by atoms with Crippen LogP contribution in [0.25, 0.3) is 0 Å². The van der Waals surface area contributed by atoms with Gasteiger partial charge in [0.25, 0.3) is 0 Å². The Morgan fingerprint density at radius 1 is 1.41 bits per heavy atom. The second kappa shape index (κ2) is 5.92. The van der Waals surface area contributed by atoms with Crippen molar-refractivity contribution in [1.29, 1.82) is 0 Å². The van der Waals surface area contributed by atoms with E-state index in [1.165, 1.54) is 32.7 Å². The minimum absolute atomic E-state index is 0.00320. The molecule has 7 nitrogen and oxygen atoms in total. The fourth-order valence-electron chi connectivity index (χ4n) is 1.11. The zero-order valence-electron chi connectivity index (χ0n) is 9.58. The van der Waals surface area contributed by atoms with Gasteiger partial charge in [0.1, 0.15) is 4.90 Å². The second-order valence-corrected chi connectivity index (χ2v) is 4.97. The van der Waals surface area contributed by atoms with Crippen molar-refractivity contribution >= 4 is 15.7 Å². The molecular weight excluding hydrogens is 246 g/mol. The van der Waals surface area contributed by atoms with Crippen LogP contribution < -0.4 is 10.5 Å². The molecular formula is C9H15N3O4S. The number of pyridine rings is 1. The number of rotatable bonds is 6. The topological polar surface area (TPSA) is 104 Å². The number of nitrogens with two attached hydrogens (primary N) is 1. The van der Waals surface area contributed by atoms with Gasteiger partial charge in [0, 0.05) is 26.6 Å². The largest absolute Gasteiger partial charge is 0.397 e. The fraction of sp³-hybridized carbons (Fsp3) is 0.444. The third kappa shape index (κ3) is 3.93. The fourth-order valence-corrected chi connectivity index (χ4v) is 2.12. The quantitative estimate of drug-likeness (QED) is 0.673. The zero-order valence-corrected chi connectivity index (χ0v) is 10.4. The van der Waals surface area contributed by atoms with E-state index in [0.29, 0.717) is 0 Å². The number of methoxy groups -OCH3 is 2. The molecule has 0 radical (unpaired) electrons. The Morgan fingerprint density at radius 3 is 2.59 bits per heavy atom. The van der Waals surface area contributed by atoms with Crippen LogP contribution in [0.5, 0.6) is 0 Å². The SMILES string of the molecule is COC(CNS(=O)(=O)c1cncc(N)c1)OC. The summed E-state index contributed by atoms with van der Waals surface area (Å²) in [7, 11) is -0.808. The molecule has 0 unspecified atom stereocenters. The van der Waals surface area contributed by atoms with E-state index >= 15 is 0 Å². The number of nitrogens with zero attached hydrogens (tertiary/aromatic N) is 1. The van der Waals surface area contributed by atoms with E-state index in [0.717, 1.165) is 0 Å². The van der Waals surface area contributed by atoms with Gasteiger partial charge in [0.2, 0.25) is 10.0 Å². The Morgan fingerprint density at radius 2 is 2.06 bits per heavy atom. The lowest BCUT2D eigenvalue weighted by Gasteiger charge is -2.14. The van der Waals surface area contributed by atoms with Gasteiger partial charge in [0.05, 0.1) is 12.2 Å². The summed E-state index contributed by atoms with van der Waals surface area (Å²) in [5, 5.41) is 0. The Hall–Kier alpha value is -1.22.